The second kappa shape index (κ2) is 6.55. The van der Waals surface area contributed by atoms with E-state index in [1.807, 2.05) is 30.3 Å². The Hall–Kier alpha value is -2.28. The fourth-order valence-corrected chi connectivity index (χ4v) is 3.88. The van der Waals surface area contributed by atoms with Crippen molar-refractivity contribution in [2.24, 2.45) is 0 Å². The summed E-state index contributed by atoms with van der Waals surface area (Å²) in [5.74, 6) is 0.808. The van der Waals surface area contributed by atoms with Crippen LogP contribution in [-0.4, -0.2) is 29.2 Å². The Balaban J connectivity index is 1.90. The van der Waals surface area contributed by atoms with Crippen molar-refractivity contribution in [3.8, 4) is 16.3 Å². The van der Waals surface area contributed by atoms with Gasteiger partial charge >= 0.3 is 0 Å². The summed E-state index contributed by atoms with van der Waals surface area (Å²) >= 11 is 7.88. The second-order valence-electron chi connectivity index (χ2n) is 5.47. The molecule has 0 spiro atoms. The van der Waals surface area contributed by atoms with Crippen LogP contribution in [-0.2, 0) is 11.3 Å². The Morgan fingerprint density at radius 3 is 2.76 bits per heavy atom. The largest absolute Gasteiger partial charge is 0.497 e. The Bertz CT molecular complexity index is 1080. The summed E-state index contributed by atoms with van der Waals surface area (Å²) in [5, 5.41) is 1.45. The summed E-state index contributed by atoms with van der Waals surface area (Å²) < 4.78 is 11.5. The van der Waals surface area contributed by atoms with E-state index in [1.165, 1.54) is 0 Å². The standard InChI is InChI=1S/C18H14ClN3O2S/c1-23-9-11-8-20-17-13(5-10(19)6-15(17)21-11)18-22-14-4-3-12(24-2)7-16(14)25-18/h3-8H,9H2,1-2H3. The third-order valence-electron chi connectivity index (χ3n) is 3.78. The van der Waals surface area contributed by atoms with Gasteiger partial charge in [-0.05, 0) is 30.3 Å². The summed E-state index contributed by atoms with van der Waals surface area (Å²) in [5.41, 5.74) is 4.05. The van der Waals surface area contributed by atoms with Crippen LogP contribution in [0, 0.1) is 0 Å². The highest BCUT2D eigenvalue weighted by atomic mass is 35.5. The van der Waals surface area contributed by atoms with E-state index < -0.39 is 0 Å². The van der Waals surface area contributed by atoms with Gasteiger partial charge in [0.05, 0.1) is 46.9 Å². The van der Waals surface area contributed by atoms with Crippen molar-refractivity contribution in [2.75, 3.05) is 14.2 Å². The van der Waals surface area contributed by atoms with Gasteiger partial charge in [0.15, 0.2) is 0 Å². The minimum atomic E-state index is 0.408. The van der Waals surface area contributed by atoms with Crippen LogP contribution in [0.4, 0.5) is 0 Å². The van der Waals surface area contributed by atoms with E-state index in [0.29, 0.717) is 11.6 Å². The Kier molecular flexibility index (Phi) is 4.25. The van der Waals surface area contributed by atoms with Crippen LogP contribution >= 0.6 is 22.9 Å². The molecule has 2 aromatic carbocycles. The van der Waals surface area contributed by atoms with Gasteiger partial charge in [-0.2, -0.15) is 0 Å². The number of aromatic nitrogens is 3. The molecule has 0 saturated carbocycles. The van der Waals surface area contributed by atoms with Gasteiger partial charge in [0.2, 0.25) is 0 Å². The molecule has 0 unspecified atom stereocenters. The molecule has 0 N–H and O–H groups in total. The molecule has 0 bridgehead atoms. The van der Waals surface area contributed by atoms with Gasteiger partial charge in [-0.25, -0.2) is 9.97 Å². The summed E-state index contributed by atoms with van der Waals surface area (Å²) in [6.07, 6.45) is 1.72. The number of fused-ring (bicyclic) bond motifs is 2. The van der Waals surface area contributed by atoms with Crippen molar-refractivity contribution in [3.63, 3.8) is 0 Å². The topological polar surface area (TPSA) is 57.1 Å². The molecule has 4 aromatic rings. The summed E-state index contributed by atoms with van der Waals surface area (Å²) in [6.45, 7) is 0.408. The third-order valence-corrected chi connectivity index (χ3v) is 5.05. The quantitative estimate of drug-likeness (QED) is 0.519. The molecular weight excluding hydrogens is 358 g/mol. The van der Waals surface area contributed by atoms with Gasteiger partial charge in [-0.15, -0.1) is 11.3 Å². The SMILES string of the molecule is COCc1cnc2c(-c3nc4ccc(OC)cc4s3)cc(Cl)cc2n1. The van der Waals surface area contributed by atoms with Crippen molar-refractivity contribution in [3.05, 3.63) is 47.2 Å². The zero-order chi connectivity index (χ0) is 17.4. The van der Waals surface area contributed by atoms with Crippen LogP contribution in [0.25, 0.3) is 31.8 Å². The number of benzene rings is 2. The highest BCUT2D eigenvalue weighted by molar-refractivity contribution is 7.21. The maximum absolute atomic E-state index is 6.31. The lowest BCUT2D eigenvalue weighted by Gasteiger charge is -2.06. The number of hydrogen-bond acceptors (Lipinski definition) is 6. The first-order chi connectivity index (χ1) is 12.2. The fourth-order valence-electron chi connectivity index (χ4n) is 2.66. The molecule has 25 heavy (non-hydrogen) atoms. The van der Waals surface area contributed by atoms with Crippen molar-refractivity contribution < 1.29 is 9.47 Å². The lowest BCUT2D eigenvalue weighted by molar-refractivity contribution is 0.181. The molecule has 0 radical (unpaired) electrons. The fraction of sp³-hybridized carbons (Fsp3) is 0.167. The molecule has 4 rings (SSSR count). The summed E-state index contributed by atoms with van der Waals surface area (Å²) in [6, 6.07) is 9.51. The van der Waals surface area contributed by atoms with Crippen molar-refractivity contribution >= 4 is 44.2 Å². The van der Waals surface area contributed by atoms with E-state index >= 15 is 0 Å². The monoisotopic (exact) mass is 371 g/mol. The molecule has 0 saturated heterocycles. The van der Waals surface area contributed by atoms with Gasteiger partial charge < -0.3 is 9.47 Å². The molecule has 0 aliphatic rings. The average molecular weight is 372 g/mol. The number of methoxy groups -OCH3 is 2. The van der Waals surface area contributed by atoms with Crippen LogP contribution in [0.15, 0.2) is 36.5 Å². The van der Waals surface area contributed by atoms with Crippen molar-refractivity contribution in [2.45, 2.75) is 6.61 Å². The smallest absolute Gasteiger partial charge is 0.126 e. The van der Waals surface area contributed by atoms with Gasteiger partial charge in [-0.3, -0.25) is 4.98 Å². The molecule has 0 aliphatic carbocycles. The molecule has 0 atom stereocenters. The molecule has 5 nitrogen and oxygen atoms in total. The first kappa shape index (κ1) is 16.2. The van der Waals surface area contributed by atoms with Crippen LogP contribution in [0.3, 0.4) is 0 Å². The molecule has 0 fully saturated rings. The highest BCUT2D eigenvalue weighted by Crippen LogP contribution is 2.36. The first-order valence-corrected chi connectivity index (χ1v) is 8.76. The minimum absolute atomic E-state index is 0.408. The highest BCUT2D eigenvalue weighted by Gasteiger charge is 2.14. The zero-order valence-electron chi connectivity index (χ0n) is 13.6. The molecular formula is C18H14ClN3O2S. The van der Waals surface area contributed by atoms with E-state index in [-0.39, 0.29) is 0 Å². The number of nitrogens with zero attached hydrogens (tertiary/aromatic N) is 3. The van der Waals surface area contributed by atoms with Gasteiger partial charge in [0.1, 0.15) is 10.8 Å². The maximum atomic E-state index is 6.31. The number of rotatable bonds is 4. The number of hydrogen-bond donors (Lipinski definition) is 0. The van der Waals surface area contributed by atoms with Gasteiger partial charge in [0.25, 0.3) is 0 Å². The molecule has 2 aromatic heterocycles. The van der Waals surface area contributed by atoms with Crippen molar-refractivity contribution in [1.29, 1.82) is 0 Å². The lowest BCUT2D eigenvalue weighted by Crippen LogP contribution is -1.96. The third kappa shape index (κ3) is 3.04. The zero-order valence-corrected chi connectivity index (χ0v) is 15.2. The molecule has 0 amide bonds. The molecule has 2 heterocycles. The van der Waals surface area contributed by atoms with Crippen LogP contribution in [0.5, 0.6) is 5.75 Å². The number of ether oxygens (including phenoxy) is 2. The van der Waals surface area contributed by atoms with Gasteiger partial charge in [-0.1, -0.05) is 11.6 Å². The molecule has 0 aliphatic heterocycles. The summed E-state index contributed by atoms with van der Waals surface area (Å²) in [7, 11) is 3.28. The van der Waals surface area contributed by atoms with Crippen molar-refractivity contribution in [1.82, 2.24) is 15.0 Å². The van der Waals surface area contributed by atoms with E-state index in [4.69, 9.17) is 26.1 Å². The van der Waals surface area contributed by atoms with E-state index in [9.17, 15) is 0 Å². The Morgan fingerprint density at radius 1 is 1.08 bits per heavy atom. The van der Waals surface area contributed by atoms with Gasteiger partial charge in [0, 0.05) is 17.7 Å². The lowest BCUT2D eigenvalue weighted by atomic mass is 10.2. The second-order valence-corrected chi connectivity index (χ2v) is 6.94. The predicted octanol–water partition coefficient (Wildman–Crippen LogP) is 4.71. The molecule has 7 heteroatoms. The van der Waals surface area contributed by atoms with E-state index in [1.54, 1.807) is 31.8 Å². The maximum Gasteiger partial charge on any atom is 0.126 e. The van der Waals surface area contributed by atoms with E-state index in [2.05, 4.69) is 9.97 Å². The van der Waals surface area contributed by atoms with Crippen LogP contribution in [0.2, 0.25) is 5.02 Å². The van der Waals surface area contributed by atoms with Crippen LogP contribution < -0.4 is 4.74 Å². The average Bonchev–Trinajstić information content (AvgIpc) is 3.03. The van der Waals surface area contributed by atoms with E-state index in [0.717, 1.165) is 43.3 Å². The Morgan fingerprint density at radius 2 is 1.96 bits per heavy atom. The predicted molar refractivity (Wildman–Crippen MR) is 100 cm³/mol. The first-order valence-electron chi connectivity index (χ1n) is 7.57. The minimum Gasteiger partial charge on any atom is -0.497 e. The Labute approximate surface area is 153 Å². The van der Waals surface area contributed by atoms with Crippen LogP contribution in [0.1, 0.15) is 5.69 Å². The number of halogens is 1. The number of thiazole rings is 1. The normalized spacial score (nSPS) is 11.3. The molecule has 126 valence electrons. The summed E-state index contributed by atoms with van der Waals surface area (Å²) in [4.78, 5) is 13.9.